The van der Waals surface area contributed by atoms with Crippen molar-refractivity contribution < 1.29 is 4.52 Å². The van der Waals surface area contributed by atoms with Crippen LogP contribution in [0.3, 0.4) is 0 Å². The fourth-order valence-electron chi connectivity index (χ4n) is 0.396. The summed E-state index contributed by atoms with van der Waals surface area (Å²) in [6.45, 7) is 1.70. The third-order valence-corrected chi connectivity index (χ3v) is 0.709. The maximum Gasteiger partial charge on any atom is 0.238 e. The molecule has 4 nitrogen and oxygen atoms in total. The number of nitroso groups, excluding NO2 is 1. The van der Waals surface area contributed by atoms with E-state index >= 15 is 0 Å². The maximum absolute atomic E-state index is 9.65. The predicted octanol–water partition coefficient (Wildman–Crippen LogP) is 1.38. The molecule has 0 amide bonds. The second kappa shape index (κ2) is 1.73. The minimum Gasteiger partial charge on any atom is -0.359 e. The van der Waals surface area contributed by atoms with Crippen molar-refractivity contribution in [3.05, 3.63) is 16.7 Å². The second-order valence-corrected chi connectivity index (χ2v) is 1.39. The van der Waals surface area contributed by atoms with Crippen LogP contribution in [-0.4, -0.2) is 5.16 Å². The summed E-state index contributed by atoms with van der Waals surface area (Å²) in [5, 5.41) is 5.82. The Morgan fingerprint density at radius 2 is 2.62 bits per heavy atom. The fraction of sp³-hybridized carbons (Fsp3) is 0.250. The fourth-order valence-corrected chi connectivity index (χ4v) is 0.396. The van der Waals surface area contributed by atoms with E-state index in [1.165, 1.54) is 6.07 Å². The molecule has 1 aromatic rings. The van der Waals surface area contributed by atoms with Crippen LogP contribution < -0.4 is 0 Å². The standard InChI is InChI=1S/C4H4N2O2/c1-3-2-4(5-7)6-8-3/h2H,1H3. The highest BCUT2D eigenvalue weighted by Gasteiger charge is 1.95. The summed E-state index contributed by atoms with van der Waals surface area (Å²) in [6, 6.07) is 1.47. The van der Waals surface area contributed by atoms with Crippen molar-refractivity contribution in [2.75, 3.05) is 0 Å². The molecule has 1 rings (SSSR count). The van der Waals surface area contributed by atoms with Gasteiger partial charge in [-0.25, -0.2) is 0 Å². The molecule has 0 aromatic carbocycles. The molecule has 0 N–H and O–H groups in total. The van der Waals surface area contributed by atoms with E-state index in [1.807, 2.05) is 0 Å². The monoisotopic (exact) mass is 112 g/mol. The molecule has 0 fully saturated rings. The summed E-state index contributed by atoms with van der Waals surface area (Å²) in [4.78, 5) is 9.65. The Morgan fingerprint density at radius 3 is 2.88 bits per heavy atom. The molecule has 0 saturated heterocycles. The van der Waals surface area contributed by atoms with Gasteiger partial charge in [-0.3, -0.25) is 0 Å². The smallest absolute Gasteiger partial charge is 0.238 e. The van der Waals surface area contributed by atoms with Crippen LogP contribution in [0.4, 0.5) is 5.82 Å². The van der Waals surface area contributed by atoms with Crippen molar-refractivity contribution in [3.63, 3.8) is 0 Å². The van der Waals surface area contributed by atoms with Gasteiger partial charge in [0.25, 0.3) is 0 Å². The second-order valence-electron chi connectivity index (χ2n) is 1.39. The van der Waals surface area contributed by atoms with Crippen molar-refractivity contribution in [2.45, 2.75) is 6.92 Å². The Balaban J connectivity index is 3.00. The van der Waals surface area contributed by atoms with Gasteiger partial charge in [0.05, 0.1) is 0 Å². The Kier molecular flexibility index (Phi) is 1.07. The maximum atomic E-state index is 9.65. The molecular weight excluding hydrogens is 108 g/mol. The largest absolute Gasteiger partial charge is 0.359 e. The SMILES string of the molecule is Cc1cc(N=O)no1. The van der Waals surface area contributed by atoms with Crippen LogP contribution in [0.2, 0.25) is 0 Å². The van der Waals surface area contributed by atoms with Crippen LogP contribution in [-0.2, 0) is 0 Å². The summed E-state index contributed by atoms with van der Waals surface area (Å²) in [5.74, 6) is 0.696. The highest BCUT2D eigenvalue weighted by Crippen LogP contribution is 2.08. The van der Waals surface area contributed by atoms with E-state index in [1.54, 1.807) is 6.92 Å². The Hall–Kier alpha value is -1.19. The first-order valence-corrected chi connectivity index (χ1v) is 2.09. The number of rotatable bonds is 1. The summed E-state index contributed by atoms with van der Waals surface area (Å²) < 4.78 is 4.51. The molecule has 0 aliphatic rings. The van der Waals surface area contributed by atoms with Crippen LogP contribution in [0.25, 0.3) is 0 Å². The first-order valence-electron chi connectivity index (χ1n) is 2.09. The molecule has 1 aromatic heterocycles. The molecule has 0 bridgehead atoms. The van der Waals surface area contributed by atoms with Crippen molar-refractivity contribution in [3.8, 4) is 0 Å². The van der Waals surface area contributed by atoms with Crippen molar-refractivity contribution in [2.24, 2.45) is 5.18 Å². The molecular formula is C4H4N2O2. The lowest BCUT2D eigenvalue weighted by Crippen LogP contribution is -1.51. The van der Waals surface area contributed by atoms with Crippen molar-refractivity contribution in [1.82, 2.24) is 5.16 Å². The Morgan fingerprint density at radius 1 is 1.88 bits per heavy atom. The molecule has 0 unspecified atom stereocenters. The number of aryl methyl sites for hydroxylation is 1. The van der Waals surface area contributed by atoms with E-state index in [4.69, 9.17) is 0 Å². The van der Waals surface area contributed by atoms with Gasteiger partial charge < -0.3 is 4.52 Å². The molecule has 4 heteroatoms. The van der Waals surface area contributed by atoms with E-state index in [2.05, 4.69) is 14.9 Å². The lowest BCUT2D eigenvalue weighted by atomic mass is 10.5. The molecule has 0 radical (unpaired) electrons. The first-order chi connectivity index (χ1) is 3.83. The van der Waals surface area contributed by atoms with Crippen LogP contribution in [0.5, 0.6) is 0 Å². The predicted molar refractivity (Wildman–Crippen MR) is 26.7 cm³/mol. The summed E-state index contributed by atoms with van der Waals surface area (Å²) >= 11 is 0. The average molecular weight is 112 g/mol. The quantitative estimate of drug-likeness (QED) is 0.515. The normalized spacial score (nSPS) is 9.12. The van der Waals surface area contributed by atoms with Gasteiger partial charge in [-0.05, 0) is 12.1 Å². The number of hydrogen-bond acceptors (Lipinski definition) is 4. The lowest BCUT2D eigenvalue weighted by molar-refractivity contribution is 0.399. The molecule has 42 valence electrons. The third kappa shape index (κ3) is 0.726. The summed E-state index contributed by atoms with van der Waals surface area (Å²) in [6.07, 6.45) is 0. The van der Waals surface area contributed by atoms with Gasteiger partial charge in [-0.2, -0.15) is 0 Å². The minimum absolute atomic E-state index is 0.0995. The van der Waals surface area contributed by atoms with Gasteiger partial charge in [-0.15, -0.1) is 4.91 Å². The summed E-state index contributed by atoms with van der Waals surface area (Å²) in [7, 11) is 0. The van der Waals surface area contributed by atoms with Crippen molar-refractivity contribution >= 4 is 5.82 Å². The van der Waals surface area contributed by atoms with Crippen LogP contribution in [0.1, 0.15) is 5.76 Å². The van der Waals surface area contributed by atoms with Gasteiger partial charge in [-0.1, -0.05) is 5.16 Å². The minimum atomic E-state index is 0.0995. The van der Waals surface area contributed by atoms with Gasteiger partial charge >= 0.3 is 0 Å². The molecule has 0 aliphatic heterocycles. The Bertz CT molecular complexity index is 194. The molecule has 0 spiro atoms. The first kappa shape index (κ1) is 4.96. The topological polar surface area (TPSA) is 55.5 Å². The zero-order valence-electron chi connectivity index (χ0n) is 4.29. The summed E-state index contributed by atoms with van der Waals surface area (Å²) in [5.41, 5.74) is 0. The zero-order valence-corrected chi connectivity index (χ0v) is 4.29. The number of aromatic nitrogens is 1. The Labute approximate surface area is 45.5 Å². The highest BCUT2D eigenvalue weighted by molar-refractivity contribution is 5.24. The van der Waals surface area contributed by atoms with Crippen LogP contribution in [0.15, 0.2) is 15.8 Å². The zero-order chi connectivity index (χ0) is 5.98. The van der Waals surface area contributed by atoms with E-state index < -0.39 is 0 Å². The highest BCUT2D eigenvalue weighted by atomic mass is 16.5. The number of hydrogen-bond donors (Lipinski definition) is 0. The van der Waals surface area contributed by atoms with E-state index in [-0.39, 0.29) is 5.82 Å². The molecule has 0 atom stereocenters. The van der Waals surface area contributed by atoms with Crippen LogP contribution >= 0.6 is 0 Å². The van der Waals surface area contributed by atoms with Crippen LogP contribution in [0, 0.1) is 11.8 Å². The molecule has 0 aliphatic carbocycles. The lowest BCUT2D eigenvalue weighted by Gasteiger charge is -1.64. The van der Waals surface area contributed by atoms with Gasteiger partial charge in [0, 0.05) is 6.07 Å². The molecule has 0 saturated carbocycles. The van der Waals surface area contributed by atoms with E-state index in [0.717, 1.165) is 0 Å². The van der Waals surface area contributed by atoms with Gasteiger partial charge in [0.15, 0.2) is 0 Å². The third-order valence-electron chi connectivity index (χ3n) is 0.709. The van der Waals surface area contributed by atoms with Crippen molar-refractivity contribution in [1.29, 1.82) is 0 Å². The number of nitrogens with zero attached hydrogens (tertiary/aromatic N) is 2. The molecule has 1 heterocycles. The van der Waals surface area contributed by atoms with Gasteiger partial charge in [0.2, 0.25) is 5.82 Å². The van der Waals surface area contributed by atoms with Gasteiger partial charge in [0.1, 0.15) is 5.76 Å². The molecule has 8 heavy (non-hydrogen) atoms. The van der Waals surface area contributed by atoms with E-state index in [9.17, 15) is 4.91 Å². The van der Waals surface area contributed by atoms with E-state index in [0.29, 0.717) is 5.76 Å². The average Bonchev–Trinajstić information content (AvgIpc) is 2.14.